The van der Waals surface area contributed by atoms with E-state index in [-0.39, 0.29) is 10.6 Å². The number of benzene rings is 2. The average Bonchev–Trinajstić information content (AvgIpc) is 2.93. The minimum atomic E-state index is -3.68. The first-order valence-corrected chi connectivity index (χ1v) is 8.97. The number of carbonyl (C=O) groups excluding carboxylic acids is 2. The van der Waals surface area contributed by atoms with E-state index in [0.29, 0.717) is 5.56 Å². The van der Waals surface area contributed by atoms with E-state index in [2.05, 4.69) is 4.84 Å². The Labute approximate surface area is 139 Å². The van der Waals surface area contributed by atoms with Crippen molar-refractivity contribution in [1.29, 1.82) is 0 Å². The number of hydroxylamine groups is 1. The molecule has 0 radical (unpaired) electrons. The van der Waals surface area contributed by atoms with E-state index in [0.717, 1.165) is 0 Å². The quantitative estimate of drug-likeness (QED) is 0.829. The fourth-order valence-corrected chi connectivity index (χ4v) is 4.35. The predicted octanol–water partition coefficient (Wildman–Crippen LogP) is 1.45. The van der Waals surface area contributed by atoms with E-state index in [4.69, 9.17) is 0 Å². The lowest BCUT2D eigenvalue weighted by Crippen LogP contribution is -2.31. The van der Waals surface area contributed by atoms with Crippen molar-refractivity contribution in [2.75, 3.05) is 5.75 Å². The van der Waals surface area contributed by atoms with Crippen molar-refractivity contribution in [3.63, 3.8) is 0 Å². The Balaban J connectivity index is 2.00. The van der Waals surface area contributed by atoms with Gasteiger partial charge in [-0.05, 0) is 17.7 Å². The second-order valence-electron chi connectivity index (χ2n) is 5.48. The lowest BCUT2D eigenvalue weighted by atomic mass is 9.87. The van der Waals surface area contributed by atoms with Crippen LogP contribution < -0.4 is 5.48 Å². The third kappa shape index (κ3) is 3.16. The summed E-state index contributed by atoms with van der Waals surface area (Å²) in [7, 11) is -3.68. The third-order valence-corrected chi connectivity index (χ3v) is 5.71. The maximum absolute atomic E-state index is 12.7. The molecule has 2 unspecified atom stereocenters. The number of nitrogens with one attached hydrogen (secondary N) is 1. The Morgan fingerprint density at radius 3 is 2.08 bits per heavy atom. The molecule has 1 amide bonds. The molecule has 1 fully saturated rings. The molecular weight excluding hydrogens is 330 g/mol. The summed E-state index contributed by atoms with van der Waals surface area (Å²) in [6.07, 6.45) is 0. The van der Waals surface area contributed by atoms with Crippen LogP contribution in [0.1, 0.15) is 11.5 Å². The van der Waals surface area contributed by atoms with Crippen LogP contribution in [0.15, 0.2) is 65.6 Å². The number of carbonyl (C=O) groups is 2. The second-order valence-corrected chi connectivity index (χ2v) is 7.51. The summed E-state index contributed by atoms with van der Waals surface area (Å²) in [4.78, 5) is 28.6. The summed E-state index contributed by atoms with van der Waals surface area (Å²) >= 11 is 0. The Morgan fingerprint density at radius 1 is 0.958 bits per heavy atom. The van der Waals surface area contributed by atoms with Gasteiger partial charge in [0.2, 0.25) is 0 Å². The normalized spacial score (nSPS) is 18.8. The number of hydrogen-bond acceptors (Lipinski definition) is 5. The molecule has 0 aliphatic carbocycles. The molecular formula is C17H15NO5S. The fraction of sp³-hybridized carbons (Fsp3) is 0.176. The molecule has 1 aliphatic heterocycles. The van der Waals surface area contributed by atoms with E-state index in [1.165, 1.54) is 12.1 Å². The molecule has 2 aromatic rings. The van der Waals surface area contributed by atoms with Gasteiger partial charge in [0, 0.05) is 5.92 Å². The first-order chi connectivity index (χ1) is 11.5. The van der Waals surface area contributed by atoms with Crippen LogP contribution in [0, 0.1) is 5.92 Å². The van der Waals surface area contributed by atoms with Crippen LogP contribution >= 0.6 is 0 Å². The molecule has 0 spiro atoms. The van der Waals surface area contributed by atoms with Crippen LogP contribution in [-0.2, 0) is 24.3 Å². The molecule has 124 valence electrons. The van der Waals surface area contributed by atoms with Crippen LogP contribution in [0.25, 0.3) is 0 Å². The van der Waals surface area contributed by atoms with Crippen LogP contribution in [0.3, 0.4) is 0 Å². The van der Waals surface area contributed by atoms with Crippen molar-refractivity contribution < 1.29 is 22.8 Å². The molecule has 0 saturated carbocycles. The summed E-state index contributed by atoms with van der Waals surface area (Å²) in [6, 6.07) is 16.6. The summed E-state index contributed by atoms with van der Waals surface area (Å²) in [5, 5.41) is 0. The van der Waals surface area contributed by atoms with E-state index in [1.807, 2.05) is 5.48 Å². The van der Waals surface area contributed by atoms with E-state index in [9.17, 15) is 18.0 Å². The van der Waals surface area contributed by atoms with Gasteiger partial charge in [-0.2, -0.15) is 5.48 Å². The Bertz CT molecular complexity index is 833. The predicted molar refractivity (Wildman–Crippen MR) is 85.4 cm³/mol. The highest BCUT2D eigenvalue weighted by molar-refractivity contribution is 7.91. The van der Waals surface area contributed by atoms with E-state index < -0.39 is 33.5 Å². The molecule has 1 aliphatic rings. The van der Waals surface area contributed by atoms with Gasteiger partial charge in [0.1, 0.15) is 5.92 Å². The molecule has 1 N–H and O–H groups in total. The Hall–Kier alpha value is -2.67. The lowest BCUT2D eigenvalue weighted by molar-refractivity contribution is -0.146. The van der Waals surface area contributed by atoms with Gasteiger partial charge in [-0.1, -0.05) is 48.5 Å². The monoisotopic (exact) mass is 345 g/mol. The summed E-state index contributed by atoms with van der Waals surface area (Å²) in [5.41, 5.74) is 2.61. The number of rotatable bonds is 5. The largest absolute Gasteiger partial charge is 0.345 e. The molecule has 2 atom stereocenters. The van der Waals surface area contributed by atoms with Gasteiger partial charge in [0.25, 0.3) is 5.91 Å². The number of hydrogen-bond donors (Lipinski definition) is 1. The van der Waals surface area contributed by atoms with Crippen molar-refractivity contribution in [3.05, 3.63) is 66.2 Å². The molecule has 0 bridgehead atoms. The van der Waals surface area contributed by atoms with Crippen molar-refractivity contribution in [2.45, 2.75) is 10.8 Å². The smallest absolute Gasteiger partial charge is 0.340 e. The van der Waals surface area contributed by atoms with Gasteiger partial charge in [-0.25, -0.2) is 13.2 Å². The number of amides is 1. The fourth-order valence-electron chi connectivity index (χ4n) is 2.73. The minimum absolute atomic E-state index is 0.151. The van der Waals surface area contributed by atoms with Crippen LogP contribution in [-0.4, -0.2) is 26.0 Å². The zero-order valence-electron chi connectivity index (χ0n) is 12.6. The van der Waals surface area contributed by atoms with E-state index in [1.54, 1.807) is 48.5 Å². The van der Waals surface area contributed by atoms with Crippen molar-refractivity contribution >= 4 is 21.7 Å². The highest BCUT2D eigenvalue weighted by Crippen LogP contribution is 2.31. The molecule has 7 heteroatoms. The maximum atomic E-state index is 12.7. The molecule has 6 nitrogen and oxygen atoms in total. The standard InChI is InChI=1S/C17H15NO5S/c19-16-15(17(20)23-18-16)14(12-7-3-1-4-8-12)11-24(21,22)13-9-5-2-6-10-13/h1-10,14-15H,11H2,(H,18,19). The minimum Gasteiger partial charge on any atom is -0.340 e. The SMILES string of the molecule is O=C1NOC(=O)C1C(CS(=O)(=O)c1ccccc1)c1ccccc1. The van der Waals surface area contributed by atoms with Gasteiger partial charge in [0.05, 0.1) is 10.6 Å². The van der Waals surface area contributed by atoms with Gasteiger partial charge in [0.15, 0.2) is 9.84 Å². The van der Waals surface area contributed by atoms with Crippen LogP contribution in [0.5, 0.6) is 0 Å². The Kier molecular flexibility index (Phi) is 4.35. The molecule has 2 aromatic carbocycles. The van der Waals surface area contributed by atoms with E-state index >= 15 is 0 Å². The Morgan fingerprint density at radius 2 is 1.54 bits per heavy atom. The average molecular weight is 345 g/mol. The molecule has 0 aromatic heterocycles. The zero-order chi connectivity index (χ0) is 17.2. The van der Waals surface area contributed by atoms with Crippen molar-refractivity contribution in [2.24, 2.45) is 5.92 Å². The highest BCUT2D eigenvalue weighted by Gasteiger charge is 2.44. The van der Waals surface area contributed by atoms with Crippen molar-refractivity contribution in [3.8, 4) is 0 Å². The van der Waals surface area contributed by atoms with Crippen LogP contribution in [0.4, 0.5) is 0 Å². The van der Waals surface area contributed by atoms with Gasteiger partial charge in [-0.3, -0.25) is 4.79 Å². The van der Waals surface area contributed by atoms with Crippen LogP contribution in [0.2, 0.25) is 0 Å². The zero-order valence-corrected chi connectivity index (χ0v) is 13.4. The van der Waals surface area contributed by atoms with Crippen molar-refractivity contribution in [1.82, 2.24) is 5.48 Å². The molecule has 1 saturated heterocycles. The topological polar surface area (TPSA) is 89.5 Å². The number of sulfone groups is 1. The van der Waals surface area contributed by atoms with Gasteiger partial charge in [-0.15, -0.1) is 0 Å². The summed E-state index contributed by atoms with van der Waals surface area (Å²) in [5.74, 6) is -3.78. The lowest BCUT2D eigenvalue weighted by Gasteiger charge is -2.19. The summed E-state index contributed by atoms with van der Waals surface area (Å²) < 4.78 is 25.4. The molecule has 24 heavy (non-hydrogen) atoms. The first kappa shape index (κ1) is 16.2. The second kappa shape index (κ2) is 6.45. The molecule has 3 rings (SSSR count). The maximum Gasteiger partial charge on any atom is 0.345 e. The summed E-state index contributed by atoms with van der Waals surface area (Å²) in [6.45, 7) is 0. The first-order valence-electron chi connectivity index (χ1n) is 7.32. The highest BCUT2D eigenvalue weighted by atomic mass is 32.2. The third-order valence-electron chi connectivity index (χ3n) is 3.92. The van der Waals surface area contributed by atoms with Gasteiger partial charge >= 0.3 is 5.97 Å². The van der Waals surface area contributed by atoms with Gasteiger partial charge < -0.3 is 4.84 Å². The molecule has 1 heterocycles.